The quantitative estimate of drug-likeness (QED) is 0.756. The molecule has 1 aromatic heterocycles. The Kier molecular flexibility index (Phi) is 6.22. The fraction of sp³-hybridized carbons (Fsp3) is 0.294. The summed E-state index contributed by atoms with van der Waals surface area (Å²) in [6, 6.07) is 6.56. The van der Waals surface area contributed by atoms with Crippen molar-refractivity contribution in [1.82, 2.24) is 19.4 Å². The van der Waals surface area contributed by atoms with Crippen molar-refractivity contribution < 1.29 is 13.2 Å². The zero-order chi connectivity index (χ0) is 19.5. The molecule has 0 bridgehead atoms. The van der Waals surface area contributed by atoms with Crippen molar-refractivity contribution in [1.29, 1.82) is 0 Å². The molecule has 0 saturated carbocycles. The molecule has 0 aliphatic rings. The third-order valence-corrected chi connectivity index (χ3v) is 6.15. The number of sulfonamides is 1. The number of nitrogens with one attached hydrogen (secondary N) is 1. The van der Waals surface area contributed by atoms with Gasteiger partial charge >= 0.3 is 0 Å². The molecule has 2 rings (SSSR count). The third kappa shape index (κ3) is 4.32. The van der Waals surface area contributed by atoms with E-state index < -0.39 is 10.0 Å². The summed E-state index contributed by atoms with van der Waals surface area (Å²) < 4.78 is 27.4. The normalized spacial score (nSPS) is 12.1. The van der Waals surface area contributed by atoms with Crippen LogP contribution in [0.4, 0.5) is 0 Å². The van der Waals surface area contributed by atoms with Crippen LogP contribution in [0.1, 0.15) is 16.8 Å². The van der Waals surface area contributed by atoms with Crippen LogP contribution in [0.5, 0.6) is 0 Å². The standard InChI is InChI=1S/C17H21ClN4O3S/c1-12-14(17(18)22(4)20-12)9-10-16(23)19-11-13-7-5-6-8-15(13)26(24,25)21(2)3/h5-10H,11H2,1-4H3,(H,19,23)/b10-9+. The molecule has 0 spiro atoms. The summed E-state index contributed by atoms with van der Waals surface area (Å²) in [5, 5.41) is 7.29. The number of rotatable bonds is 6. The molecule has 1 N–H and O–H groups in total. The van der Waals surface area contributed by atoms with E-state index in [-0.39, 0.29) is 17.3 Å². The third-order valence-electron chi connectivity index (χ3n) is 3.78. The SMILES string of the molecule is Cc1nn(C)c(Cl)c1/C=C/C(=O)NCc1ccccc1S(=O)(=O)N(C)C. The van der Waals surface area contributed by atoms with Gasteiger partial charge in [-0.05, 0) is 24.6 Å². The first kappa shape index (κ1) is 20.2. The first-order valence-electron chi connectivity index (χ1n) is 7.80. The average Bonchev–Trinajstić information content (AvgIpc) is 2.83. The van der Waals surface area contributed by atoms with E-state index in [4.69, 9.17) is 11.6 Å². The molecule has 9 heteroatoms. The van der Waals surface area contributed by atoms with Crippen molar-refractivity contribution in [2.45, 2.75) is 18.4 Å². The number of aromatic nitrogens is 2. The van der Waals surface area contributed by atoms with E-state index in [1.807, 2.05) is 0 Å². The van der Waals surface area contributed by atoms with E-state index in [0.29, 0.717) is 22.0 Å². The summed E-state index contributed by atoms with van der Waals surface area (Å²) in [5.41, 5.74) is 1.89. The summed E-state index contributed by atoms with van der Waals surface area (Å²) in [4.78, 5) is 12.3. The highest BCUT2D eigenvalue weighted by Crippen LogP contribution is 2.20. The zero-order valence-corrected chi connectivity index (χ0v) is 16.6. The highest BCUT2D eigenvalue weighted by molar-refractivity contribution is 7.89. The summed E-state index contributed by atoms with van der Waals surface area (Å²) in [7, 11) is 1.06. The van der Waals surface area contributed by atoms with Gasteiger partial charge in [-0.1, -0.05) is 29.8 Å². The Morgan fingerprint density at radius 2 is 2.00 bits per heavy atom. The number of amides is 1. The molecule has 26 heavy (non-hydrogen) atoms. The summed E-state index contributed by atoms with van der Waals surface area (Å²) in [6.07, 6.45) is 2.93. The number of carbonyl (C=O) groups excluding carboxylic acids is 1. The van der Waals surface area contributed by atoms with Crippen molar-refractivity contribution in [3.05, 3.63) is 52.3 Å². The van der Waals surface area contributed by atoms with Crippen LogP contribution in [-0.2, 0) is 28.4 Å². The number of carbonyl (C=O) groups is 1. The lowest BCUT2D eigenvalue weighted by molar-refractivity contribution is -0.116. The molecule has 0 saturated heterocycles. The Labute approximate surface area is 158 Å². The van der Waals surface area contributed by atoms with E-state index >= 15 is 0 Å². The largest absolute Gasteiger partial charge is 0.348 e. The maximum absolute atomic E-state index is 12.4. The second-order valence-electron chi connectivity index (χ2n) is 5.86. The summed E-state index contributed by atoms with van der Waals surface area (Å²) in [5.74, 6) is -0.360. The topological polar surface area (TPSA) is 84.3 Å². The van der Waals surface area contributed by atoms with Gasteiger partial charge in [0.2, 0.25) is 15.9 Å². The molecular weight excluding hydrogens is 376 g/mol. The molecule has 0 atom stereocenters. The fourth-order valence-corrected chi connectivity index (χ4v) is 3.69. The highest BCUT2D eigenvalue weighted by atomic mass is 35.5. The van der Waals surface area contributed by atoms with E-state index in [2.05, 4.69) is 10.4 Å². The molecule has 7 nitrogen and oxygen atoms in total. The number of halogens is 1. The number of aryl methyl sites for hydroxylation is 2. The molecule has 2 aromatic rings. The first-order chi connectivity index (χ1) is 12.1. The zero-order valence-electron chi connectivity index (χ0n) is 15.0. The molecule has 0 aliphatic carbocycles. The Balaban J connectivity index is 2.12. The predicted molar refractivity (Wildman–Crippen MR) is 101 cm³/mol. The van der Waals surface area contributed by atoms with E-state index in [1.165, 1.54) is 30.9 Å². The van der Waals surface area contributed by atoms with Crippen LogP contribution in [0.25, 0.3) is 6.08 Å². The lowest BCUT2D eigenvalue weighted by atomic mass is 10.2. The van der Waals surface area contributed by atoms with Crippen LogP contribution < -0.4 is 5.32 Å². The summed E-state index contributed by atoms with van der Waals surface area (Å²) in [6.45, 7) is 1.89. The van der Waals surface area contributed by atoms with Gasteiger partial charge in [-0.15, -0.1) is 0 Å². The molecular formula is C17H21ClN4O3S. The Bertz CT molecular complexity index is 949. The van der Waals surface area contributed by atoms with Crippen LogP contribution in [0, 0.1) is 6.92 Å². The van der Waals surface area contributed by atoms with Crippen molar-refractivity contribution in [2.24, 2.45) is 7.05 Å². The van der Waals surface area contributed by atoms with Gasteiger partial charge < -0.3 is 5.32 Å². The fourth-order valence-electron chi connectivity index (χ4n) is 2.33. The smallest absolute Gasteiger partial charge is 0.244 e. The molecule has 1 amide bonds. The van der Waals surface area contributed by atoms with Crippen molar-refractivity contribution in [3.63, 3.8) is 0 Å². The van der Waals surface area contributed by atoms with Crippen LogP contribution >= 0.6 is 11.6 Å². The molecule has 140 valence electrons. The van der Waals surface area contributed by atoms with Gasteiger partial charge in [-0.2, -0.15) is 5.10 Å². The molecule has 0 aliphatic heterocycles. The average molecular weight is 397 g/mol. The van der Waals surface area contributed by atoms with E-state index in [0.717, 1.165) is 4.31 Å². The van der Waals surface area contributed by atoms with Crippen molar-refractivity contribution >= 4 is 33.6 Å². The maximum Gasteiger partial charge on any atom is 0.244 e. The number of hydrogen-bond acceptors (Lipinski definition) is 4. The maximum atomic E-state index is 12.4. The lowest BCUT2D eigenvalue weighted by Crippen LogP contribution is -2.26. The minimum atomic E-state index is -3.58. The molecule has 0 unspecified atom stereocenters. The monoisotopic (exact) mass is 396 g/mol. The van der Waals surface area contributed by atoms with Crippen LogP contribution in [0.2, 0.25) is 5.15 Å². The van der Waals surface area contributed by atoms with Gasteiger partial charge in [0.05, 0.1) is 10.6 Å². The summed E-state index contributed by atoms with van der Waals surface area (Å²) >= 11 is 6.12. The minimum Gasteiger partial charge on any atom is -0.348 e. The number of benzene rings is 1. The number of hydrogen-bond donors (Lipinski definition) is 1. The van der Waals surface area contributed by atoms with Gasteiger partial charge in [0.25, 0.3) is 0 Å². The first-order valence-corrected chi connectivity index (χ1v) is 9.62. The molecule has 0 fully saturated rings. The van der Waals surface area contributed by atoms with E-state index in [9.17, 15) is 13.2 Å². The Morgan fingerprint density at radius 1 is 1.35 bits per heavy atom. The van der Waals surface area contributed by atoms with Crippen LogP contribution in [0.3, 0.4) is 0 Å². The Morgan fingerprint density at radius 3 is 2.58 bits per heavy atom. The van der Waals surface area contributed by atoms with Gasteiger partial charge in [-0.3, -0.25) is 9.48 Å². The van der Waals surface area contributed by atoms with Gasteiger partial charge in [0, 0.05) is 39.3 Å². The van der Waals surface area contributed by atoms with E-state index in [1.54, 1.807) is 38.2 Å². The second kappa shape index (κ2) is 8.03. The highest BCUT2D eigenvalue weighted by Gasteiger charge is 2.20. The molecule has 1 aromatic carbocycles. The lowest BCUT2D eigenvalue weighted by Gasteiger charge is -2.15. The van der Waals surface area contributed by atoms with Gasteiger partial charge in [0.15, 0.2) is 0 Å². The Hall–Kier alpha value is -2.16. The van der Waals surface area contributed by atoms with Crippen molar-refractivity contribution in [3.8, 4) is 0 Å². The number of nitrogens with zero attached hydrogens (tertiary/aromatic N) is 3. The second-order valence-corrected chi connectivity index (χ2v) is 8.34. The van der Waals surface area contributed by atoms with Crippen LogP contribution in [0.15, 0.2) is 35.2 Å². The molecule has 0 radical (unpaired) electrons. The van der Waals surface area contributed by atoms with Gasteiger partial charge in [-0.25, -0.2) is 12.7 Å². The van der Waals surface area contributed by atoms with Crippen LogP contribution in [-0.4, -0.2) is 42.5 Å². The van der Waals surface area contributed by atoms with Crippen molar-refractivity contribution in [2.75, 3.05) is 14.1 Å². The minimum absolute atomic E-state index is 0.0895. The van der Waals surface area contributed by atoms with Gasteiger partial charge in [0.1, 0.15) is 5.15 Å². The molecule has 1 heterocycles. The predicted octanol–water partition coefficient (Wildman–Crippen LogP) is 1.96.